The van der Waals surface area contributed by atoms with Crippen molar-refractivity contribution in [3.63, 3.8) is 0 Å². The van der Waals surface area contributed by atoms with Crippen LogP contribution >= 0.6 is 0 Å². The zero-order valence-electron chi connectivity index (χ0n) is 9.41. The summed E-state index contributed by atoms with van der Waals surface area (Å²) in [7, 11) is 0. The zero-order valence-corrected chi connectivity index (χ0v) is 9.41. The van der Waals surface area contributed by atoms with Crippen molar-refractivity contribution >= 4 is 5.91 Å². The third-order valence-corrected chi connectivity index (χ3v) is 4.60. The molecule has 4 atom stereocenters. The second-order valence-corrected chi connectivity index (χ2v) is 5.37. The molecule has 15 heavy (non-hydrogen) atoms. The van der Waals surface area contributed by atoms with Gasteiger partial charge in [-0.2, -0.15) is 0 Å². The van der Waals surface area contributed by atoms with Gasteiger partial charge in [0, 0.05) is 6.04 Å². The van der Waals surface area contributed by atoms with Crippen LogP contribution < -0.4 is 5.32 Å². The van der Waals surface area contributed by atoms with E-state index in [1.165, 1.54) is 25.7 Å². The Hall–Kier alpha value is -0.570. The molecule has 3 heteroatoms. The van der Waals surface area contributed by atoms with E-state index < -0.39 is 0 Å². The minimum atomic E-state index is 0.101. The quantitative estimate of drug-likeness (QED) is 0.743. The highest BCUT2D eigenvalue weighted by atomic mass is 16.2. The van der Waals surface area contributed by atoms with Crippen LogP contribution in [-0.2, 0) is 4.79 Å². The summed E-state index contributed by atoms with van der Waals surface area (Å²) in [5.74, 6) is 2.10. The number of nitrogens with zero attached hydrogens (tertiary/aromatic N) is 1. The van der Waals surface area contributed by atoms with Crippen molar-refractivity contribution in [1.82, 2.24) is 10.2 Å². The van der Waals surface area contributed by atoms with E-state index in [0.29, 0.717) is 11.9 Å². The molecule has 2 aliphatic carbocycles. The van der Waals surface area contributed by atoms with Crippen LogP contribution in [-0.4, -0.2) is 29.6 Å². The average molecular weight is 208 g/mol. The maximum absolute atomic E-state index is 12.1. The van der Waals surface area contributed by atoms with Crippen LogP contribution in [0.3, 0.4) is 0 Å². The molecule has 84 valence electrons. The van der Waals surface area contributed by atoms with Gasteiger partial charge >= 0.3 is 0 Å². The lowest BCUT2D eigenvalue weighted by atomic mass is 9.94. The largest absolute Gasteiger partial charge is 0.325 e. The van der Waals surface area contributed by atoms with Gasteiger partial charge in [0.05, 0.1) is 12.7 Å². The minimum absolute atomic E-state index is 0.101. The molecule has 3 aliphatic rings. The van der Waals surface area contributed by atoms with E-state index in [4.69, 9.17) is 0 Å². The summed E-state index contributed by atoms with van der Waals surface area (Å²) in [6, 6.07) is 0.671. The molecule has 0 spiro atoms. The van der Waals surface area contributed by atoms with Gasteiger partial charge in [-0.3, -0.25) is 10.1 Å². The van der Waals surface area contributed by atoms with Crippen LogP contribution in [0.25, 0.3) is 0 Å². The lowest BCUT2D eigenvalue weighted by Crippen LogP contribution is -2.41. The number of rotatable bonds is 2. The van der Waals surface area contributed by atoms with Gasteiger partial charge in [-0.15, -0.1) is 0 Å². The number of hydrogen-bond donors (Lipinski definition) is 1. The zero-order chi connectivity index (χ0) is 10.4. The maximum atomic E-state index is 12.1. The standard InChI is InChI=1S/C12H20N2O/c1-2-10-12(15)14(7-13-10)11-6-8-3-4-9(11)5-8/h8-11,13H,2-7H2,1H3. The first kappa shape index (κ1) is 9.64. The maximum Gasteiger partial charge on any atom is 0.241 e. The lowest BCUT2D eigenvalue weighted by molar-refractivity contribution is -0.131. The molecule has 0 aromatic rings. The fourth-order valence-electron chi connectivity index (χ4n) is 3.77. The summed E-state index contributed by atoms with van der Waals surface area (Å²) >= 11 is 0. The van der Waals surface area contributed by atoms with Gasteiger partial charge in [0.15, 0.2) is 0 Å². The van der Waals surface area contributed by atoms with Crippen LogP contribution in [0.4, 0.5) is 0 Å². The predicted molar refractivity (Wildman–Crippen MR) is 58.2 cm³/mol. The molecule has 1 heterocycles. The van der Waals surface area contributed by atoms with E-state index >= 15 is 0 Å². The van der Waals surface area contributed by atoms with Crippen LogP contribution in [0, 0.1) is 11.8 Å². The Morgan fingerprint density at radius 2 is 2.27 bits per heavy atom. The fraction of sp³-hybridized carbons (Fsp3) is 0.917. The van der Waals surface area contributed by atoms with Crippen LogP contribution in [0.5, 0.6) is 0 Å². The second kappa shape index (κ2) is 3.48. The second-order valence-electron chi connectivity index (χ2n) is 5.37. The highest BCUT2D eigenvalue weighted by Crippen LogP contribution is 2.47. The first-order valence-electron chi connectivity index (χ1n) is 6.33. The molecule has 0 aromatic carbocycles. The van der Waals surface area contributed by atoms with Crippen molar-refractivity contribution in [3.05, 3.63) is 0 Å². The Morgan fingerprint density at radius 3 is 2.80 bits per heavy atom. The number of carbonyl (C=O) groups excluding carboxylic acids is 1. The Bertz CT molecular complexity index is 279. The summed E-state index contributed by atoms with van der Waals surface area (Å²) in [5, 5.41) is 3.32. The van der Waals surface area contributed by atoms with Crippen molar-refractivity contribution in [2.24, 2.45) is 11.8 Å². The molecule has 2 saturated carbocycles. The number of nitrogens with one attached hydrogen (secondary N) is 1. The van der Waals surface area contributed by atoms with Crippen molar-refractivity contribution in [2.75, 3.05) is 6.67 Å². The molecular weight excluding hydrogens is 188 g/mol. The van der Waals surface area contributed by atoms with Crippen molar-refractivity contribution in [1.29, 1.82) is 0 Å². The summed E-state index contributed by atoms with van der Waals surface area (Å²) in [6.45, 7) is 2.88. The lowest BCUT2D eigenvalue weighted by Gasteiger charge is -2.30. The Kier molecular flexibility index (Phi) is 2.23. The molecule has 1 amide bonds. The van der Waals surface area contributed by atoms with Crippen molar-refractivity contribution < 1.29 is 4.79 Å². The first-order chi connectivity index (χ1) is 7.29. The molecule has 3 rings (SSSR count). The van der Waals surface area contributed by atoms with E-state index in [0.717, 1.165) is 24.9 Å². The van der Waals surface area contributed by atoms with Crippen LogP contribution in [0.1, 0.15) is 39.0 Å². The Morgan fingerprint density at radius 1 is 1.40 bits per heavy atom. The Labute approximate surface area is 91.2 Å². The number of hydrogen-bond acceptors (Lipinski definition) is 2. The first-order valence-corrected chi connectivity index (χ1v) is 6.33. The van der Waals surface area contributed by atoms with Crippen molar-refractivity contribution in [2.45, 2.75) is 51.1 Å². The van der Waals surface area contributed by atoms with E-state index in [-0.39, 0.29) is 6.04 Å². The van der Waals surface area contributed by atoms with E-state index in [1.54, 1.807) is 0 Å². The molecule has 1 aliphatic heterocycles. The highest BCUT2D eigenvalue weighted by Gasteiger charge is 2.46. The normalized spacial score (nSPS) is 44.3. The van der Waals surface area contributed by atoms with Gasteiger partial charge in [0.2, 0.25) is 5.91 Å². The van der Waals surface area contributed by atoms with Gasteiger partial charge in [0.25, 0.3) is 0 Å². The van der Waals surface area contributed by atoms with Gasteiger partial charge in [0.1, 0.15) is 0 Å². The third-order valence-electron chi connectivity index (χ3n) is 4.60. The average Bonchev–Trinajstić information content (AvgIpc) is 2.91. The molecule has 1 N–H and O–H groups in total. The van der Waals surface area contributed by atoms with Crippen molar-refractivity contribution in [3.8, 4) is 0 Å². The third kappa shape index (κ3) is 1.40. The topological polar surface area (TPSA) is 32.3 Å². The molecular formula is C12H20N2O. The Balaban J connectivity index is 1.71. The molecule has 0 aromatic heterocycles. The van der Waals surface area contributed by atoms with Gasteiger partial charge in [-0.25, -0.2) is 0 Å². The minimum Gasteiger partial charge on any atom is -0.325 e. The van der Waals surface area contributed by atoms with Gasteiger partial charge in [-0.05, 0) is 37.5 Å². The molecule has 3 fully saturated rings. The number of amides is 1. The monoisotopic (exact) mass is 208 g/mol. The van der Waals surface area contributed by atoms with E-state index in [2.05, 4.69) is 17.1 Å². The summed E-state index contributed by atoms with van der Waals surface area (Å²) in [4.78, 5) is 14.2. The number of carbonyl (C=O) groups is 1. The fourth-order valence-corrected chi connectivity index (χ4v) is 3.77. The molecule has 1 saturated heterocycles. The van der Waals surface area contributed by atoms with Gasteiger partial charge < -0.3 is 4.90 Å². The molecule has 0 radical (unpaired) electrons. The highest BCUT2D eigenvalue weighted by molar-refractivity contribution is 5.84. The van der Waals surface area contributed by atoms with E-state index in [9.17, 15) is 4.79 Å². The summed E-state index contributed by atoms with van der Waals surface area (Å²) < 4.78 is 0. The smallest absolute Gasteiger partial charge is 0.241 e. The molecule has 3 nitrogen and oxygen atoms in total. The van der Waals surface area contributed by atoms with E-state index in [1.807, 2.05) is 0 Å². The predicted octanol–water partition coefficient (Wildman–Crippen LogP) is 1.34. The SMILES string of the molecule is CCC1NCN(C2CC3CCC2C3)C1=O. The van der Waals surface area contributed by atoms with Crippen LogP contribution in [0.2, 0.25) is 0 Å². The molecule has 4 unspecified atom stereocenters. The van der Waals surface area contributed by atoms with Crippen LogP contribution in [0.15, 0.2) is 0 Å². The summed E-state index contributed by atoms with van der Waals surface area (Å²) in [5.41, 5.74) is 0. The molecule has 2 bridgehead atoms. The number of fused-ring (bicyclic) bond motifs is 2. The summed E-state index contributed by atoms with van der Waals surface area (Å²) in [6.07, 6.45) is 6.35. The van der Waals surface area contributed by atoms with Gasteiger partial charge in [-0.1, -0.05) is 13.3 Å².